The number of ether oxygens (including phenoxy) is 3. The minimum Gasteiger partial charge on any atom is -0.372 e. The standard InChI is InChI=1S/C18H26N2O4/c1-2-22-14-17(21)20-9-6-18(7-10-20)11-16(13-24-18)23-12-15-5-3-4-8-19-15/h3-5,8,16H,2,6-7,9-14H2,1H3. The van der Waals surface area contributed by atoms with Gasteiger partial charge in [-0.15, -0.1) is 0 Å². The van der Waals surface area contributed by atoms with Crippen molar-refractivity contribution in [2.45, 2.75) is 44.5 Å². The number of rotatable bonds is 6. The molecule has 0 saturated carbocycles. The molecule has 2 aliphatic heterocycles. The molecule has 0 aromatic carbocycles. The van der Waals surface area contributed by atoms with Crippen LogP contribution in [0.15, 0.2) is 24.4 Å². The lowest BCUT2D eigenvalue weighted by atomic mass is 9.88. The Bertz CT molecular complexity index is 529. The van der Waals surface area contributed by atoms with Gasteiger partial charge in [0.05, 0.1) is 30.6 Å². The van der Waals surface area contributed by atoms with Crippen molar-refractivity contribution in [2.75, 3.05) is 32.9 Å². The van der Waals surface area contributed by atoms with E-state index in [-0.39, 0.29) is 24.2 Å². The molecule has 2 aliphatic rings. The molecule has 0 bridgehead atoms. The molecule has 2 saturated heterocycles. The van der Waals surface area contributed by atoms with Crippen LogP contribution in [0.4, 0.5) is 0 Å². The Labute approximate surface area is 143 Å². The van der Waals surface area contributed by atoms with Crippen LogP contribution in [0.1, 0.15) is 31.9 Å². The lowest BCUT2D eigenvalue weighted by Crippen LogP contribution is -2.47. The summed E-state index contributed by atoms with van der Waals surface area (Å²) in [6, 6.07) is 5.83. The summed E-state index contributed by atoms with van der Waals surface area (Å²) in [5.74, 6) is 0.0765. The maximum atomic E-state index is 12.0. The van der Waals surface area contributed by atoms with Crippen LogP contribution < -0.4 is 0 Å². The summed E-state index contributed by atoms with van der Waals surface area (Å²) in [5, 5.41) is 0. The fourth-order valence-corrected chi connectivity index (χ4v) is 3.39. The van der Waals surface area contributed by atoms with Crippen molar-refractivity contribution >= 4 is 5.91 Å². The number of piperidine rings is 1. The lowest BCUT2D eigenvalue weighted by molar-refractivity contribution is -0.140. The summed E-state index contributed by atoms with van der Waals surface area (Å²) in [7, 11) is 0. The molecule has 1 aromatic heterocycles. The van der Waals surface area contributed by atoms with Gasteiger partial charge in [0.25, 0.3) is 0 Å². The SMILES string of the molecule is CCOCC(=O)N1CCC2(CC1)CC(OCc1ccccn1)CO2. The Morgan fingerprint density at radius 3 is 2.96 bits per heavy atom. The van der Waals surface area contributed by atoms with Gasteiger partial charge in [-0.25, -0.2) is 0 Å². The molecular weight excluding hydrogens is 308 g/mol. The molecule has 1 unspecified atom stereocenters. The van der Waals surface area contributed by atoms with E-state index in [4.69, 9.17) is 14.2 Å². The quantitative estimate of drug-likeness (QED) is 0.794. The fourth-order valence-electron chi connectivity index (χ4n) is 3.39. The van der Waals surface area contributed by atoms with Crippen LogP contribution in [0.5, 0.6) is 0 Å². The second-order valence-electron chi connectivity index (χ2n) is 6.47. The van der Waals surface area contributed by atoms with E-state index >= 15 is 0 Å². The zero-order valence-electron chi connectivity index (χ0n) is 14.3. The summed E-state index contributed by atoms with van der Waals surface area (Å²) in [5.41, 5.74) is 0.812. The Balaban J connectivity index is 1.43. The third-order valence-corrected chi connectivity index (χ3v) is 4.83. The number of pyridine rings is 1. The van der Waals surface area contributed by atoms with E-state index in [0.717, 1.165) is 38.0 Å². The molecule has 24 heavy (non-hydrogen) atoms. The van der Waals surface area contributed by atoms with Crippen LogP contribution in [0.2, 0.25) is 0 Å². The van der Waals surface area contributed by atoms with Crippen LogP contribution in [0.25, 0.3) is 0 Å². The maximum Gasteiger partial charge on any atom is 0.248 e. The predicted molar refractivity (Wildman–Crippen MR) is 88.4 cm³/mol. The summed E-state index contributed by atoms with van der Waals surface area (Å²) >= 11 is 0. The normalized spacial score (nSPS) is 22.9. The highest BCUT2D eigenvalue weighted by atomic mass is 16.6. The van der Waals surface area contributed by atoms with Crippen molar-refractivity contribution in [1.82, 2.24) is 9.88 Å². The number of hydrogen-bond donors (Lipinski definition) is 0. The highest BCUT2D eigenvalue weighted by molar-refractivity contribution is 5.77. The van der Waals surface area contributed by atoms with Crippen molar-refractivity contribution in [3.63, 3.8) is 0 Å². The second-order valence-corrected chi connectivity index (χ2v) is 6.47. The molecule has 0 N–H and O–H groups in total. The maximum absolute atomic E-state index is 12.0. The van der Waals surface area contributed by atoms with Gasteiger partial charge in [0.15, 0.2) is 0 Å². The highest BCUT2D eigenvalue weighted by Gasteiger charge is 2.43. The molecule has 1 amide bonds. The van der Waals surface area contributed by atoms with E-state index in [1.54, 1.807) is 6.20 Å². The lowest BCUT2D eigenvalue weighted by Gasteiger charge is -2.38. The number of aromatic nitrogens is 1. The highest BCUT2D eigenvalue weighted by Crippen LogP contribution is 2.37. The van der Waals surface area contributed by atoms with Crippen molar-refractivity contribution in [1.29, 1.82) is 0 Å². The molecule has 132 valence electrons. The summed E-state index contributed by atoms with van der Waals surface area (Å²) in [6.07, 6.45) is 4.52. The number of likely N-dealkylation sites (tertiary alicyclic amines) is 1. The van der Waals surface area contributed by atoms with E-state index in [1.165, 1.54) is 0 Å². The third kappa shape index (κ3) is 4.32. The van der Waals surface area contributed by atoms with Crippen LogP contribution in [0, 0.1) is 0 Å². The first-order valence-corrected chi connectivity index (χ1v) is 8.72. The summed E-state index contributed by atoms with van der Waals surface area (Å²) < 4.78 is 17.2. The molecule has 6 heteroatoms. The topological polar surface area (TPSA) is 60.9 Å². The smallest absolute Gasteiger partial charge is 0.248 e. The molecule has 0 radical (unpaired) electrons. The molecule has 1 spiro atoms. The number of carbonyl (C=O) groups is 1. The minimum absolute atomic E-state index is 0.0765. The van der Waals surface area contributed by atoms with E-state index in [0.29, 0.717) is 19.8 Å². The number of carbonyl (C=O) groups excluding carboxylic acids is 1. The van der Waals surface area contributed by atoms with Gasteiger partial charge in [-0.05, 0) is 31.9 Å². The Kier molecular flexibility index (Phi) is 5.81. The Morgan fingerprint density at radius 2 is 2.25 bits per heavy atom. The van der Waals surface area contributed by atoms with Crippen LogP contribution in [-0.4, -0.2) is 60.4 Å². The van der Waals surface area contributed by atoms with E-state index < -0.39 is 0 Å². The minimum atomic E-state index is -0.128. The first-order valence-electron chi connectivity index (χ1n) is 8.72. The van der Waals surface area contributed by atoms with Crippen molar-refractivity contribution in [3.05, 3.63) is 30.1 Å². The molecule has 0 aliphatic carbocycles. The number of hydrogen-bond acceptors (Lipinski definition) is 5. The van der Waals surface area contributed by atoms with Crippen molar-refractivity contribution < 1.29 is 19.0 Å². The van der Waals surface area contributed by atoms with Crippen LogP contribution >= 0.6 is 0 Å². The molecular formula is C18H26N2O4. The predicted octanol–water partition coefficient (Wildman–Crippen LogP) is 1.78. The van der Waals surface area contributed by atoms with Gasteiger partial charge in [-0.3, -0.25) is 9.78 Å². The van der Waals surface area contributed by atoms with Gasteiger partial charge in [-0.1, -0.05) is 6.07 Å². The van der Waals surface area contributed by atoms with Gasteiger partial charge < -0.3 is 19.1 Å². The zero-order valence-corrected chi connectivity index (χ0v) is 14.3. The van der Waals surface area contributed by atoms with Gasteiger partial charge >= 0.3 is 0 Å². The van der Waals surface area contributed by atoms with Crippen LogP contribution in [0.3, 0.4) is 0 Å². The second kappa shape index (κ2) is 8.05. The van der Waals surface area contributed by atoms with Crippen LogP contribution in [-0.2, 0) is 25.6 Å². The summed E-state index contributed by atoms with van der Waals surface area (Å²) in [4.78, 5) is 18.2. The average molecular weight is 334 g/mol. The Hall–Kier alpha value is -1.50. The first-order chi connectivity index (χ1) is 11.7. The fraction of sp³-hybridized carbons (Fsp3) is 0.667. The van der Waals surface area contributed by atoms with Gasteiger partial charge in [0, 0.05) is 32.3 Å². The largest absolute Gasteiger partial charge is 0.372 e. The number of nitrogens with zero attached hydrogens (tertiary/aromatic N) is 2. The van der Waals surface area contributed by atoms with Gasteiger partial charge in [-0.2, -0.15) is 0 Å². The van der Waals surface area contributed by atoms with E-state index in [1.807, 2.05) is 30.0 Å². The van der Waals surface area contributed by atoms with E-state index in [2.05, 4.69) is 4.98 Å². The summed E-state index contributed by atoms with van der Waals surface area (Å²) in [6.45, 7) is 5.26. The third-order valence-electron chi connectivity index (χ3n) is 4.83. The molecule has 1 atom stereocenters. The van der Waals surface area contributed by atoms with Crippen molar-refractivity contribution in [2.24, 2.45) is 0 Å². The molecule has 3 heterocycles. The van der Waals surface area contributed by atoms with Gasteiger partial charge in [0.2, 0.25) is 5.91 Å². The number of amides is 1. The molecule has 1 aromatic rings. The van der Waals surface area contributed by atoms with Gasteiger partial charge in [0.1, 0.15) is 6.61 Å². The molecule has 2 fully saturated rings. The molecule has 6 nitrogen and oxygen atoms in total. The zero-order chi connectivity index (χ0) is 16.8. The van der Waals surface area contributed by atoms with Crippen molar-refractivity contribution in [3.8, 4) is 0 Å². The Morgan fingerprint density at radius 1 is 1.42 bits per heavy atom. The first kappa shape index (κ1) is 17.3. The monoisotopic (exact) mass is 334 g/mol. The molecule has 3 rings (SSSR count). The van der Waals surface area contributed by atoms with E-state index in [9.17, 15) is 4.79 Å². The average Bonchev–Trinajstić information content (AvgIpc) is 3.02.